The molecule has 8 aromatic rings. The normalized spacial score (nSPS) is 11.1. The third-order valence-corrected chi connectivity index (χ3v) is 10.2. The van der Waals surface area contributed by atoms with Crippen LogP contribution in [0.15, 0.2) is 146 Å². The second-order valence-electron chi connectivity index (χ2n) is 14.4. The lowest BCUT2D eigenvalue weighted by Crippen LogP contribution is -2.10. The predicted molar refractivity (Wildman–Crippen MR) is 237 cm³/mol. The monoisotopic (exact) mass is 816 g/mol. The van der Waals surface area contributed by atoms with Crippen LogP contribution in [-0.2, 0) is 0 Å². The van der Waals surface area contributed by atoms with Gasteiger partial charge < -0.3 is 38.6 Å². The summed E-state index contributed by atoms with van der Waals surface area (Å²) in [6, 6.07) is 45.8. The number of hydrogen-bond donors (Lipinski definition) is 2. The summed E-state index contributed by atoms with van der Waals surface area (Å²) in [5.74, 6) is 0.992. The van der Waals surface area contributed by atoms with E-state index in [1.54, 1.807) is 24.3 Å². The van der Waals surface area contributed by atoms with Crippen LogP contribution in [-0.4, -0.2) is 61.8 Å². The summed E-state index contributed by atoms with van der Waals surface area (Å²) in [7, 11) is 0. The van der Waals surface area contributed by atoms with Gasteiger partial charge >= 0.3 is 11.9 Å². The second kappa shape index (κ2) is 19.1. The van der Waals surface area contributed by atoms with Crippen LogP contribution >= 0.6 is 0 Å². The van der Waals surface area contributed by atoms with Gasteiger partial charge in [0, 0.05) is 19.3 Å². The maximum Gasteiger partial charge on any atom is 0.339 e. The van der Waals surface area contributed by atoms with Crippen molar-refractivity contribution in [3.63, 3.8) is 0 Å². The molecule has 2 N–H and O–H groups in total. The van der Waals surface area contributed by atoms with Crippen molar-refractivity contribution < 1.29 is 48.2 Å². The number of carbonyl (C=O) groups is 2. The standard InChI is InChI=1S/C51H44O10/c52-50(53)42-26-34-12-1-3-14-36(34)28-44(42)56-20-9-22-58-46-30-38-16-5-7-18-40(38)32-48(46)60-24-11-25-61-49-33-41-19-8-6-17-39(41)31-47(49)59-23-10-21-57-45-29-37-15-4-2-13-35(37)27-43(45)51(54)55/h1-8,12-19,26-33H,9-11,20-25H2,(H,52,53)(H,54,55). The highest BCUT2D eigenvalue weighted by atomic mass is 16.5. The Morgan fingerprint density at radius 1 is 0.311 bits per heavy atom. The van der Waals surface area contributed by atoms with E-state index in [1.807, 2.05) is 121 Å². The maximum absolute atomic E-state index is 11.9. The van der Waals surface area contributed by atoms with Gasteiger partial charge in [-0.1, -0.05) is 97.1 Å². The predicted octanol–water partition coefficient (Wildman–Crippen LogP) is 11.2. The van der Waals surface area contributed by atoms with Gasteiger partial charge in [0.1, 0.15) is 22.6 Å². The Hall–Kier alpha value is -7.46. The Balaban J connectivity index is 0.851. The number of carboxylic acid groups (broad SMARTS) is 2. The van der Waals surface area contributed by atoms with E-state index >= 15 is 0 Å². The summed E-state index contributed by atoms with van der Waals surface area (Å²) in [4.78, 5) is 23.9. The number of rotatable bonds is 20. The van der Waals surface area contributed by atoms with E-state index in [-0.39, 0.29) is 24.3 Å². The largest absolute Gasteiger partial charge is 0.493 e. The van der Waals surface area contributed by atoms with Crippen molar-refractivity contribution in [3.05, 3.63) is 157 Å². The van der Waals surface area contributed by atoms with Crippen LogP contribution in [0, 0.1) is 0 Å². The topological polar surface area (TPSA) is 130 Å². The average molecular weight is 817 g/mol. The molecule has 0 unspecified atom stereocenters. The minimum atomic E-state index is -1.04. The molecule has 0 aliphatic heterocycles. The fourth-order valence-electron chi connectivity index (χ4n) is 7.13. The molecular weight excluding hydrogens is 773 g/mol. The molecule has 0 atom stereocenters. The van der Waals surface area contributed by atoms with Gasteiger partial charge in [-0.25, -0.2) is 9.59 Å². The number of benzene rings is 8. The van der Waals surface area contributed by atoms with Gasteiger partial charge in [0.15, 0.2) is 23.0 Å². The molecular formula is C51H44O10. The molecule has 8 rings (SSSR count). The van der Waals surface area contributed by atoms with E-state index in [0.29, 0.717) is 80.2 Å². The summed E-state index contributed by atoms with van der Waals surface area (Å²) < 4.78 is 36.9. The Bertz CT molecular complexity index is 2640. The van der Waals surface area contributed by atoms with Crippen molar-refractivity contribution in [3.8, 4) is 34.5 Å². The van der Waals surface area contributed by atoms with Crippen LogP contribution in [0.2, 0.25) is 0 Å². The first-order valence-electron chi connectivity index (χ1n) is 20.2. The number of carboxylic acids is 2. The van der Waals surface area contributed by atoms with Gasteiger partial charge in [-0.3, -0.25) is 0 Å². The van der Waals surface area contributed by atoms with Crippen LogP contribution < -0.4 is 28.4 Å². The lowest BCUT2D eigenvalue weighted by molar-refractivity contribution is 0.0681. The molecule has 0 radical (unpaired) electrons. The molecule has 10 nitrogen and oxygen atoms in total. The quantitative estimate of drug-likeness (QED) is 0.0717. The average Bonchev–Trinajstić information content (AvgIpc) is 3.28. The zero-order valence-electron chi connectivity index (χ0n) is 33.4. The number of fused-ring (bicyclic) bond motifs is 4. The van der Waals surface area contributed by atoms with Crippen molar-refractivity contribution in [2.45, 2.75) is 19.3 Å². The molecule has 0 heterocycles. The highest BCUT2D eigenvalue weighted by Gasteiger charge is 2.16. The summed E-state index contributed by atoms with van der Waals surface area (Å²) in [5, 5.41) is 27.1. The third-order valence-electron chi connectivity index (χ3n) is 10.2. The van der Waals surface area contributed by atoms with Crippen molar-refractivity contribution in [2.75, 3.05) is 39.6 Å². The van der Waals surface area contributed by atoms with Gasteiger partial charge in [0.25, 0.3) is 0 Å². The van der Waals surface area contributed by atoms with E-state index < -0.39 is 11.9 Å². The van der Waals surface area contributed by atoms with Gasteiger partial charge in [-0.2, -0.15) is 0 Å². The molecule has 0 aliphatic rings. The molecule has 61 heavy (non-hydrogen) atoms. The summed E-state index contributed by atoms with van der Waals surface area (Å²) in [5.41, 5.74) is 0.242. The first-order chi connectivity index (χ1) is 29.9. The summed E-state index contributed by atoms with van der Waals surface area (Å²) in [6.45, 7) is 1.94. The van der Waals surface area contributed by atoms with Crippen molar-refractivity contribution in [2.24, 2.45) is 0 Å². The SMILES string of the molecule is O=C(O)c1cc2ccccc2cc1OCCCOc1cc2ccccc2cc1OCCCOc1cc2ccccc2cc1OCCCOc1cc2ccccc2cc1C(=O)O. The molecule has 0 saturated carbocycles. The van der Waals surface area contributed by atoms with Gasteiger partial charge in [0.05, 0.1) is 39.6 Å². The molecule has 308 valence electrons. The van der Waals surface area contributed by atoms with Crippen LogP contribution in [0.1, 0.15) is 40.0 Å². The lowest BCUT2D eigenvalue weighted by atomic mass is 10.1. The molecule has 0 bridgehead atoms. The number of aromatic carboxylic acids is 2. The Morgan fingerprint density at radius 3 is 0.738 bits per heavy atom. The third kappa shape index (κ3) is 9.88. The minimum Gasteiger partial charge on any atom is -0.493 e. The first kappa shape index (κ1) is 40.3. The Morgan fingerprint density at radius 2 is 0.508 bits per heavy atom. The maximum atomic E-state index is 11.9. The van der Waals surface area contributed by atoms with Crippen LogP contribution in [0.5, 0.6) is 34.5 Å². The number of hydrogen-bond acceptors (Lipinski definition) is 8. The molecule has 0 fully saturated rings. The minimum absolute atomic E-state index is 0.121. The Labute approximate surface area is 352 Å². The molecule has 0 spiro atoms. The van der Waals surface area contributed by atoms with Crippen molar-refractivity contribution >= 4 is 55.0 Å². The molecule has 10 heteroatoms. The van der Waals surface area contributed by atoms with Crippen LogP contribution in [0.25, 0.3) is 43.1 Å². The van der Waals surface area contributed by atoms with Gasteiger partial charge in [0.2, 0.25) is 0 Å². The number of ether oxygens (including phenoxy) is 6. The zero-order valence-corrected chi connectivity index (χ0v) is 33.4. The van der Waals surface area contributed by atoms with E-state index in [0.717, 1.165) is 43.1 Å². The Kier molecular flexibility index (Phi) is 12.6. The second-order valence-corrected chi connectivity index (χ2v) is 14.4. The first-order valence-corrected chi connectivity index (χ1v) is 20.2. The smallest absolute Gasteiger partial charge is 0.339 e. The van der Waals surface area contributed by atoms with Crippen molar-refractivity contribution in [1.29, 1.82) is 0 Å². The van der Waals surface area contributed by atoms with E-state index in [9.17, 15) is 19.8 Å². The van der Waals surface area contributed by atoms with Crippen LogP contribution in [0.4, 0.5) is 0 Å². The van der Waals surface area contributed by atoms with E-state index in [4.69, 9.17) is 28.4 Å². The fourth-order valence-corrected chi connectivity index (χ4v) is 7.13. The highest BCUT2D eigenvalue weighted by molar-refractivity contribution is 5.98. The summed E-state index contributed by atoms with van der Waals surface area (Å²) >= 11 is 0. The van der Waals surface area contributed by atoms with Crippen LogP contribution in [0.3, 0.4) is 0 Å². The van der Waals surface area contributed by atoms with E-state index in [2.05, 4.69) is 0 Å². The summed E-state index contributed by atoms with van der Waals surface area (Å²) in [6.07, 6.45) is 1.62. The lowest BCUT2D eigenvalue weighted by Gasteiger charge is -2.16. The highest BCUT2D eigenvalue weighted by Crippen LogP contribution is 2.35. The van der Waals surface area contributed by atoms with E-state index in [1.165, 1.54) is 0 Å². The molecule has 0 amide bonds. The van der Waals surface area contributed by atoms with Gasteiger partial charge in [-0.15, -0.1) is 0 Å². The molecule has 0 saturated heterocycles. The fraction of sp³-hybridized carbons (Fsp3) is 0.176. The van der Waals surface area contributed by atoms with Gasteiger partial charge in [-0.05, 0) is 91.6 Å². The molecule has 8 aromatic carbocycles. The molecule has 0 aromatic heterocycles. The molecule has 0 aliphatic carbocycles. The zero-order chi connectivity index (χ0) is 42.0. The van der Waals surface area contributed by atoms with Crippen molar-refractivity contribution in [1.82, 2.24) is 0 Å².